The minimum absolute atomic E-state index is 0.0773. The molecule has 0 spiro atoms. The molecule has 2 aliphatic heterocycles. The third kappa shape index (κ3) is 6.50. The molecule has 11 nitrogen and oxygen atoms in total. The van der Waals surface area contributed by atoms with Gasteiger partial charge in [0, 0.05) is 38.8 Å². The average Bonchev–Trinajstić information content (AvgIpc) is 3.56. The Morgan fingerprint density at radius 3 is 2.58 bits per heavy atom. The highest BCUT2D eigenvalue weighted by molar-refractivity contribution is 7.80. The molecule has 0 aliphatic carbocycles. The first-order chi connectivity index (χ1) is 18.1. The van der Waals surface area contributed by atoms with Crippen LogP contribution in [0.5, 0.6) is 0 Å². The van der Waals surface area contributed by atoms with Gasteiger partial charge in [-0.2, -0.15) is 0 Å². The number of anilines is 1. The Hall–Kier alpha value is -3.48. The zero-order valence-electron chi connectivity index (χ0n) is 22.1. The zero-order chi connectivity index (χ0) is 27.4. The largest absolute Gasteiger partial charge is 0.474 e. The molecule has 3 heterocycles. The monoisotopic (exact) mass is 547 g/mol. The van der Waals surface area contributed by atoms with Crippen LogP contribution in [0.25, 0.3) is 5.69 Å². The van der Waals surface area contributed by atoms with Gasteiger partial charge in [0.25, 0.3) is 5.17 Å². The molecular formula is C25H34FN7O4S. The van der Waals surface area contributed by atoms with E-state index in [2.05, 4.69) is 15.6 Å². The van der Waals surface area contributed by atoms with Crippen LogP contribution in [0, 0.1) is 5.82 Å². The number of hydrogen-bond acceptors (Lipinski definition) is 8. The molecule has 13 heteroatoms. The van der Waals surface area contributed by atoms with Gasteiger partial charge in [-0.3, -0.25) is 9.69 Å². The fourth-order valence-corrected chi connectivity index (χ4v) is 4.65. The van der Waals surface area contributed by atoms with Crippen molar-refractivity contribution in [2.45, 2.75) is 51.8 Å². The summed E-state index contributed by atoms with van der Waals surface area (Å²) in [4.78, 5) is 31.1. The Morgan fingerprint density at radius 2 is 1.92 bits per heavy atom. The number of carbonyl (C=O) groups excluding carboxylic acids is 2. The van der Waals surface area contributed by atoms with E-state index in [9.17, 15) is 9.59 Å². The molecule has 2 aliphatic rings. The number of aromatic nitrogens is 3. The van der Waals surface area contributed by atoms with E-state index in [-0.39, 0.29) is 16.9 Å². The van der Waals surface area contributed by atoms with Crippen molar-refractivity contribution in [3.8, 4) is 5.69 Å². The number of carbonyl (C=O) groups is 2. The molecular weight excluding hydrogens is 513 g/mol. The van der Waals surface area contributed by atoms with Gasteiger partial charge in [-0.25, -0.2) is 13.9 Å². The normalized spacial score (nSPS) is 17.9. The number of benzene rings is 1. The number of piperazine rings is 1. The molecule has 1 atom stereocenters. The SMILES string of the molecule is COC(=S)NCc1cn(-c2ccc(N3CCN(C(=O)[C@@H]4CCCN4C(=O)OC(C)(C)C)CC3)c(F)c2)nn1. The first-order valence-electron chi connectivity index (χ1n) is 12.6. The highest BCUT2D eigenvalue weighted by atomic mass is 32.1. The summed E-state index contributed by atoms with van der Waals surface area (Å²) < 4.78 is 27.0. The summed E-state index contributed by atoms with van der Waals surface area (Å²) in [6.07, 6.45) is 2.61. The van der Waals surface area contributed by atoms with Crippen LogP contribution < -0.4 is 10.2 Å². The second kappa shape index (κ2) is 11.5. The zero-order valence-corrected chi connectivity index (χ0v) is 23.0. The second-order valence-electron chi connectivity index (χ2n) is 10.3. The molecule has 0 unspecified atom stereocenters. The fourth-order valence-electron chi connectivity index (χ4n) is 4.58. The number of ether oxygens (including phenoxy) is 2. The molecule has 0 bridgehead atoms. The van der Waals surface area contributed by atoms with E-state index >= 15 is 4.39 Å². The van der Waals surface area contributed by atoms with Crippen LogP contribution >= 0.6 is 12.2 Å². The van der Waals surface area contributed by atoms with Gasteiger partial charge in [0.05, 0.1) is 31.2 Å². The Balaban J connectivity index is 1.34. The van der Waals surface area contributed by atoms with E-state index in [0.717, 1.165) is 6.42 Å². The minimum atomic E-state index is -0.621. The van der Waals surface area contributed by atoms with Gasteiger partial charge in [-0.15, -0.1) is 5.10 Å². The number of hydrogen-bond donors (Lipinski definition) is 1. The molecule has 0 saturated carbocycles. The first kappa shape index (κ1) is 27.6. The van der Waals surface area contributed by atoms with Crippen molar-refractivity contribution in [2.24, 2.45) is 0 Å². The summed E-state index contributed by atoms with van der Waals surface area (Å²) in [6.45, 7) is 8.14. The molecule has 38 heavy (non-hydrogen) atoms. The van der Waals surface area contributed by atoms with Crippen LogP contribution in [0.2, 0.25) is 0 Å². The smallest absolute Gasteiger partial charge is 0.410 e. The molecule has 2 amide bonds. The summed E-state index contributed by atoms with van der Waals surface area (Å²) in [5, 5.41) is 11.3. The van der Waals surface area contributed by atoms with Crippen molar-refractivity contribution < 1.29 is 23.5 Å². The van der Waals surface area contributed by atoms with Crippen molar-refractivity contribution in [3.63, 3.8) is 0 Å². The maximum absolute atomic E-state index is 15.1. The van der Waals surface area contributed by atoms with E-state index in [1.165, 1.54) is 22.8 Å². The predicted molar refractivity (Wildman–Crippen MR) is 143 cm³/mol. The number of amides is 2. The summed E-state index contributed by atoms with van der Waals surface area (Å²) in [5.41, 5.74) is 1.01. The standard InChI is InChI=1S/C25H34FN7O4S/c1-25(2,3)37-24(35)32-9-5-6-21(32)22(34)31-12-10-30(11-13-31)20-8-7-18(14-19(20)26)33-16-17(28-29-33)15-27-23(38)36-4/h7-8,14,16,21H,5-6,9-13,15H2,1-4H3,(H,27,38)/t21-/m0/s1. The highest BCUT2D eigenvalue weighted by Crippen LogP contribution is 2.26. The van der Waals surface area contributed by atoms with Gasteiger partial charge in [0.15, 0.2) is 0 Å². The van der Waals surface area contributed by atoms with E-state index in [4.69, 9.17) is 21.7 Å². The third-order valence-corrected chi connectivity index (χ3v) is 6.74. The van der Waals surface area contributed by atoms with E-state index in [0.29, 0.717) is 62.8 Å². The Morgan fingerprint density at radius 1 is 1.18 bits per heavy atom. The van der Waals surface area contributed by atoms with Crippen LogP contribution in [0.15, 0.2) is 24.4 Å². The Labute approximate surface area is 226 Å². The topological polar surface area (TPSA) is 105 Å². The summed E-state index contributed by atoms with van der Waals surface area (Å²) in [6, 6.07) is 4.39. The summed E-state index contributed by atoms with van der Waals surface area (Å²) in [5.74, 6) is -0.462. The van der Waals surface area contributed by atoms with Crippen molar-refractivity contribution >= 4 is 35.1 Å². The lowest BCUT2D eigenvalue weighted by Crippen LogP contribution is -2.55. The molecule has 1 aromatic heterocycles. The van der Waals surface area contributed by atoms with Crippen molar-refractivity contribution in [3.05, 3.63) is 35.9 Å². The quantitative estimate of drug-likeness (QED) is 0.565. The molecule has 4 rings (SSSR count). The number of likely N-dealkylation sites (tertiary alicyclic amines) is 1. The lowest BCUT2D eigenvalue weighted by atomic mass is 10.1. The predicted octanol–water partition coefficient (Wildman–Crippen LogP) is 2.48. The van der Waals surface area contributed by atoms with Crippen molar-refractivity contribution in [1.29, 1.82) is 0 Å². The number of halogens is 1. The van der Waals surface area contributed by atoms with Gasteiger partial charge in [-0.1, -0.05) is 5.21 Å². The average molecular weight is 548 g/mol. The minimum Gasteiger partial charge on any atom is -0.474 e. The van der Waals surface area contributed by atoms with E-state index in [1.807, 2.05) is 25.7 Å². The molecule has 2 fully saturated rings. The number of nitrogens with one attached hydrogen (secondary N) is 1. The lowest BCUT2D eigenvalue weighted by Gasteiger charge is -2.38. The van der Waals surface area contributed by atoms with Crippen molar-refractivity contribution in [1.82, 2.24) is 30.1 Å². The van der Waals surface area contributed by atoms with Gasteiger partial charge < -0.3 is 24.6 Å². The van der Waals surface area contributed by atoms with E-state index in [1.54, 1.807) is 23.2 Å². The summed E-state index contributed by atoms with van der Waals surface area (Å²) >= 11 is 4.94. The Kier molecular flexibility index (Phi) is 8.34. The molecule has 1 N–H and O–H groups in total. The fraction of sp³-hybridized carbons (Fsp3) is 0.560. The molecule has 206 valence electrons. The third-order valence-electron chi connectivity index (χ3n) is 6.43. The number of thiocarbonyl (C=S) groups is 1. The number of rotatable bonds is 5. The molecule has 2 aromatic rings. The summed E-state index contributed by atoms with van der Waals surface area (Å²) in [7, 11) is 1.48. The van der Waals surface area contributed by atoms with Crippen LogP contribution in [-0.4, -0.2) is 93.4 Å². The van der Waals surface area contributed by atoms with Crippen LogP contribution in [0.1, 0.15) is 39.3 Å². The molecule has 0 radical (unpaired) electrons. The van der Waals surface area contributed by atoms with Gasteiger partial charge >= 0.3 is 6.09 Å². The second-order valence-corrected chi connectivity index (χ2v) is 10.7. The maximum atomic E-state index is 15.1. The molecule has 2 saturated heterocycles. The van der Waals surface area contributed by atoms with Gasteiger partial charge in [0.1, 0.15) is 23.2 Å². The number of methoxy groups -OCH3 is 1. The Bertz CT molecular complexity index is 1180. The maximum Gasteiger partial charge on any atom is 0.410 e. The van der Waals surface area contributed by atoms with Crippen LogP contribution in [0.3, 0.4) is 0 Å². The van der Waals surface area contributed by atoms with Crippen LogP contribution in [-0.2, 0) is 20.8 Å². The van der Waals surface area contributed by atoms with Gasteiger partial charge in [-0.05, 0) is 58.0 Å². The lowest BCUT2D eigenvalue weighted by molar-refractivity contribution is -0.136. The van der Waals surface area contributed by atoms with Gasteiger partial charge in [0.2, 0.25) is 5.91 Å². The van der Waals surface area contributed by atoms with Crippen molar-refractivity contribution in [2.75, 3.05) is 44.7 Å². The molecule has 1 aromatic carbocycles. The van der Waals surface area contributed by atoms with E-state index < -0.39 is 17.7 Å². The first-order valence-corrected chi connectivity index (χ1v) is 13.0. The van der Waals surface area contributed by atoms with Crippen LogP contribution in [0.4, 0.5) is 14.9 Å². The highest BCUT2D eigenvalue weighted by Gasteiger charge is 2.39. The number of nitrogens with zero attached hydrogens (tertiary/aromatic N) is 6.